The Hall–Kier alpha value is -3.12. The fourth-order valence-corrected chi connectivity index (χ4v) is 6.35. The molecule has 0 amide bonds. The standard InChI is InChI=1S/C28H37FN6O3S/c1-20(2)18-33-10-11-34(39(36,37)25(15-30)17-31-9-12-38-4)19-28(33)26-14-22-16-32-35(27(22)13-21(26)3)24-7-5-23(29)6-8-24/h5-8,13-17,20,28,30-31H,9-12,18-19H2,1-4H3/b25-17+,30-15?/t28-/m0/s1. The molecule has 0 radical (unpaired) electrons. The lowest BCUT2D eigenvalue weighted by Gasteiger charge is -2.42. The van der Waals surface area contributed by atoms with Gasteiger partial charge >= 0.3 is 0 Å². The van der Waals surface area contributed by atoms with Crippen molar-refractivity contribution < 1.29 is 17.5 Å². The van der Waals surface area contributed by atoms with Crippen LogP contribution < -0.4 is 5.32 Å². The van der Waals surface area contributed by atoms with Crippen LogP contribution in [0.15, 0.2) is 53.7 Å². The Morgan fingerprint density at radius 2 is 2.00 bits per heavy atom. The predicted octanol–water partition coefficient (Wildman–Crippen LogP) is 3.84. The van der Waals surface area contributed by atoms with Crippen LogP contribution in [0.3, 0.4) is 0 Å². The summed E-state index contributed by atoms with van der Waals surface area (Å²) in [7, 11) is -2.30. The van der Waals surface area contributed by atoms with E-state index < -0.39 is 10.0 Å². The second kappa shape index (κ2) is 12.4. The van der Waals surface area contributed by atoms with Gasteiger partial charge in [-0.05, 0) is 60.4 Å². The molecule has 2 aromatic carbocycles. The number of rotatable bonds is 11. The summed E-state index contributed by atoms with van der Waals surface area (Å²) in [5, 5.41) is 16.2. The highest BCUT2D eigenvalue weighted by molar-refractivity contribution is 7.93. The molecular formula is C28H37FN6O3S. The Morgan fingerprint density at radius 3 is 2.67 bits per heavy atom. The molecule has 0 aliphatic carbocycles. The molecule has 1 atom stereocenters. The molecule has 1 saturated heterocycles. The molecule has 2 N–H and O–H groups in total. The van der Waals surface area contributed by atoms with Crippen molar-refractivity contribution in [2.75, 3.05) is 46.4 Å². The molecule has 9 nitrogen and oxygen atoms in total. The Kier molecular flexibility index (Phi) is 9.16. The first-order chi connectivity index (χ1) is 18.6. The summed E-state index contributed by atoms with van der Waals surface area (Å²) in [4.78, 5) is 2.27. The third kappa shape index (κ3) is 6.38. The van der Waals surface area contributed by atoms with Gasteiger partial charge in [-0.25, -0.2) is 17.5 Å². The number of benzene rings is 2. The highest BCUT2D eigenvalue weighted by atomic mass is 32.2. The van der Waals surface area contributed by atoms with E-state index in [4.69, 9.17) is 10.1 Å². The zero-order chi connectivity index (χ0) is 28.2. The molecule has 0 saturated carbocycles. The van der Waals surface area contributed by atoms with Crippen LogP contribution in [0, 0.1) is 24.1 Å². The van der Waals surface area contributed by atoms with E-state index in [0.717, 1.165) is 40.5 Å². The van der Waals surface area contributed by atoms with Crippen molar-refractivity contribution >= 4 is 27.1 Å². The topological polar surface area (TPSA) is 104 Å². The molecule has 0 unspecified atom stereocenters. The van der Waals surface area contributed by atoms with Crippen LogP contribution in [-0.2, 0) is 14.8 Å². The fraction of sp³-hybridized carbons (Fsp3) is 0.429. The monoisotopic (exact) mass is 556 g/mol. The minimum Gasteiger partial charge on any atom is -0.387 e. The summed E-state index contributed by atoms with van der Waals surface area (Å²) in [6, 6.07) is 10.2. The number of fused-ring (bicyclic) bond motifs is 1. The van der Waals surface area contributed by atoms with E-state index in [9.17, 15) is 12.8 Å². The summed E-state index contributed by atoms with van der Waals surface area (Å²) < 4.78 is 48.8. The van der Waals surface area contributed by atoms with E-state index in [-0.39, 0.29) is 23.3 Å². The van der Waals surface area contributed by atoms with Crippen molar-refractivity contribution in [2.24, 2.45) is 5.92 Å². The van der Waals surface area contributed by atoms with Crippen LogP contribution in [0.5, 0.6) is 0 Å². The lowest BCUT2D eigenvalue weighted by Crippen LogP contribution is -2.51. The minimum absolute atomic E-state index is 0.0811. The maximum Gasteiger partial charge on any atom is 0.246 e. The molecule has 3 aromatic rings. The molecular weight excluding hydrogens is 519 g/mol. The number of nitrogens with zero attached hydrogens (tertiary/aromatic N) is 4. The van der Waals surface area contributed by atoms with Crippen molar-refractivity contribution in [2.45, 2.75) is 26.8 Å². The third-order valence-corrected chi connectivity index (χ3v) is 8.76. The quantitative estimate of drug-likeness (QED) is 0.275. The van der Waals surface area contributed by atoms with E-state index in [1.807, 2.05) is 6.92 Å². The smallest absolute Gasteiger partial charge is 0.246 e. The maximum atomic E-state index is 13.5. The zero-order valence-corrected chi connectivity index (χ0v) is 23.7. The largest absolute Gasteiger partial charge is 0.387 e. The summed E-state index contributed by atoms with van der Waals surface area (Å²) >= 11 is 0. The van der Waals surface area contributed by atoms with E-state index in [1.165, 1.54) is 22.6 Å². The number of halogens is 1. The average molecular weight is 557 g/mol. The number of methoxy groups -OCH3 is 1. The number of sulfonamides is 1. The van der Waals surface area contributed by atoms with E-state index in [1.54, 1.807) is 30.1 Å². The second-order valence-electron chi connectivity index (χ2n) is 10.2. The third-order valence-electron chi connectivity index (χ3n) is 6.91. The first-order valence-electron chi connectivity index (χ1n) is 13.1. The minimum atomic E-state index is -3.87. The van der Waals surface area contributed by atoms with Crippen LogP contribution in [0.2, 0.25) is 0 Å². The number of hydrogen-bond acceptors (Lipinski definition) is 7. The van der Waals surface area contributed by atoms with Crippen molar-refractivity contribution in [3.05, 3.63) is 70.6 Å². The number of nitrogens with one attached hydrogen (secondary N) is 2. The number of aromatic nitrogens is 2. The van der Waals surface area contributed by atoms with E-state index >= 15 is 0 Å². The summed E-state index contributed by atoms with van der Waals surface area (Å²) in [6.45, 7) is 9.24. The maximum absolute atomic E-state index is 13.5. The molecule has 39 heavy (non-hydrogen) atoms. The van der Waals surface area contributed by atoms with Crippen LogP contribution in [0.4, 0.5) is 4.39 Å². The van der Waals surface area contributed by atoms with Crippen molar-refractivity contribution in [3.8, 4) is 5.69 Å². The molecule has 0 bridgehead atoms. The van der Waals surface area contributed by atoms with Crippen LogP contribution >= 0.6 is 0 Å². The van der Waals surface area contributed by atoms with Gasteiger partial charge in [0.2, 0.25) is 10.0 Å². The van der Waals surface area contributed by atoms with Crippen LogP contribution in [-0.4, -0.2) is 80.1 Å². The summed E-state index contributed by atoms with van der Waals surface area (Å²) in [5.74, 6) is 0.102. The number of ether oxygens (including phenoxy) is 1. The molecule has 1 aromatic heterocycles. The Balaban J connectivity index is 1.68. The van der Waals surface area contributed by atoms with Gasteiger partial charge in [0.25, 0.3) is 0 Å². The molecule has 2 heterocycles. The lowest BCUT2D eigenvalue weighted by atomic mass is 9.96. The van der Waals surface area contributed by atoms with Gasteiger partial charge in [-0.1, -0.05) is 13.8 Å². The zero-order valence-electron chi connectivity index (χ0n) is 22.9. The van der Waals surface area contributed by atoms with Gasteiger partial charge in [0.1, 0.15) is 10.7 Å². The van der Waals surface area contributed by atoms with Gasteiger partial charge in [0.15, 0.2) is 0 Å². The molecule has 11 heteroatoms. The van der Waals surface area contributed by atoms with Gasteiger partial charge < -0.3 is 15.5 Å². The highest BCUT2D eigenvalue weighted by Gasteiger charge is 2.36. The Bertz CT molecular complexity index is 1440. The Labute approximate surface area is 229 Å². The molecule has 4 rings (SSSR count). The number of allylic oxidation sites excluding steroid dienone is 1. The molecule has 0 spiro atoms. The second-order valence-corrected chi connectivity index (χ2v) is 12.1. The first kappa shape index (κ1) is 28.9. The number of aryl methyl sites for hydroxylation is 1. The number of hydrogen-bond donors (Lipinski definition) is 2. The van der Waals surface area contributed by atoms with Gasteiger partial charge in [-0.2, -0.15) is 9.40 Å². The molecule has 1 fully saturated rings. The normalized spacial score (nSPS) is 17.7. The van der Waals surface area contributed by atoms with Gasteiger partial charge in [0, 0.05) is 63.7 Å². The molecule has 210 valence electrons. The average Bonchev–Trinajstić information content (AvgIpc) is 3.31. The van der Waals surface area contributed by atoms with Gasteiger partial charge in [0.05, 0.1) is 24.0 Å². The summed E-state index contributed by atoms with van der Waals surface area (Å²) in [5.41, 5.74) is 3.73. The van der Waals surface area contributed by atoms with Crippen molar-refractivity contribution in [3.63, 3.8) is 0 Å². The summed E-state index contributed by atoms with van der Waals surface area (Å²) in [6.07, 6.45) is 4.04. The van der Waals surface area contributed by atoms with Crippen molar-refractivity contribution in [1.29, 1.82) is 5.41 Å². The SMILES string of the molecule is COCCN/C=C(\C=N)S(=O)(=O)N1CCN(CC(C)C)[C@H](c2cc3cnn(-c4ccc(F)cc4)c3cc2C)C1. The first-order valence-corrected chi connectivity index (χ1v) is 14.5. The predicted molar refractivity (Wildman–Crippen MR) is 152 cm³/mol. The van der Waals surface area contributed by atoms with Crippen molar-refractivity contribution in [1.82, 2.24) is 24.3 Å². The van der Waals surface area contributed by atoms with Crippen LogP contribution in [0.1, 0.15) is 31.0 Å². The van der Waals surface area contributed by atoms with Gasteiger partial charge in [-0.3, -0.25) is 4.90 Å². The van der Waals surface area contributed by atoms with E-state index in [2.05, 4.69) is 41.3 Å². The number of piperazine rings is 1. The molecule has 1 aliphatic rings. The fourth-order valence-electron chi connectivity index (χ4n) is 5.01. The lowest BCUT2D eigenvalue weighted by molar-refractivity contribution is 0.105. The highest BCUT2D eigenvalue weighted by Crippen LogP contribution is 2.33. The van der Waals surface area contributed by atoms with E-state index in [0.29, 0.717) is 32.2 Å². The van der Waals surface area contributed by atoms with Gasteiger partial charge in [-0.15, -0.1) is 0 Å². The Morgan fingerprint density at radius 1 is 1.26 bits per heavy atom. The van der Waals surface area contributed by atoms with Crippen LogP contribution in [0.25, 0.3) is 16.6 Å². The molecule has 1 aliphatic heterocycles.